The van der Waals surface area contributed by atoms with E-state index in [0.29, 0.717) is 5.56 Å². The molecule has 0 saturated carbocycles. The quantitative estimate of drug-likeness (QED) is 0.835. The predicted molar refractivity (Wildman–Crippen MR) is 82.5 cm³/mol. The van der Waals surface area contributed by atoms with Crippen molar-refractivity contribution in [1.29, 1.82) is 0 Å². The van der Waals surface area contributed by atoms with Crippen LogP contribution in [0.3, 0.4) is 0 Å². The van der Waals surface area contributed by atoms with E-state index in [1.807, 2.05) is 12.1 Å². The summed E-state index contributed by atoms with van der Waals surface area (Å²) in [7, 11) is 0. The molecule has 0 aliphatic heterocycles. The number of hydrogen-bond donors (Lipinski definition) is 1. The first-order valence-corrected chi connectivity index (χ1v) is 7.29. The van der Waals surface area contributed by atoms with Gasteiger partial charge in [0.15, 0.2) is 0 Å². The summed E-state index contributed by atoms with van der Waals surface area (Å²) in [5.74, 6) is -0.431. The Kier molecular flexibility index (Phi) is 5.16. The number of aryl methyl sites for hydroxylation is 1. The molecule has 2 N–H and O–H groups in total. The van der Waals surface area contributed by atoms with Gasteiger partial charge in [-0.15, -0.1) is 0 Å². The molecular formula is C17H19ClFN. The molecule has 1 atom stereocenters. The second-order valence-electron chi connectivity index (χ2n) is 4.97. The Morgan fingerprint density at radius 3 is 2.50 bits per heavy atom. The van der Waals surface area contributed by atoms with Crippen molar-refractivity contribution < 1.29 is 4.39 Å². The van der Waals surface area contributed by atoms with Crippen LogP contribution < -0.4 is 5.73 Å². The molecule has 0 heterocycles. The van der Waals surface area contributed by atoms with E-state index < -0.39 is 11.9 Å². The van der Waals surface area contributed by atoms with E-state index in [2.05, 4.69) is 19.1 Å². The molecule has 0 spiro atoms. The van der Waals surface area contributed by atoms with Crippen LogP contribution in [0.5, 0.6) is 0 Å². The Bertz CT molecular complexity index is 566. The minimum absolute atomic E-state index is 0.107. The van der Waals surface area contributed by atoms with Gasteiger partial charge >= 0.3 is 0 Å². The second kappa shape index (κ2) is 6.87. The van der Waals surface area contributed by atoms with Crippen LogP contribution in [0.2, 0.25) is 5.02 Å². The number of unbranched alkanes of at least 4 members (excludes halogenated alkanes) is 1. The number of benzene rings is 2. The van der Waals surface area contributed by atoms with E-state index in [4.69, 9.17) is 17.3 Å². The molecule has 1 nitrogen and oxygen atoms in total. The summed E-state index contributed by atoms with van der Waals surface area (Å²) in [5, 5.41) is 0.107. The smallest absolute Gasteiger partial charge is 0.142 e. The zero-order chi connectivity index (χ0) is 14.5. The third kappa shape index (κ3) is 3.38. The number of rotatable bonds is 5. The molecule has 0 radical (unpaired) electrons. The van der Waals surface area contributed by atoms with Gasteiger partial charge < -0.3 is 5.73 Å². The normalized spacial score (nSPS) is 12.4. The van der Waals surface area contributed by atoms with Gasteiger partial charge in [0.1, 0.15) is 5.82 Å². The highest BCUT2D eigenvalue weighted by Crippen LogP contribution is 2.28. The maximum Gasteiger partial charge on any atom is 0.142 e. The highest BCUT2D eigenvalue weighted by Gasteiger charge is 2.14. The first-order chi connectivity index (χ1) is 9.63. The SMILES string of the molecule is CCCCc1ccc(C(N)c2cccc(F)c2Cl)cc1. The van der Waals surface area contributed by atoms with Crippen molar-refractivity contribution in [1.82, 2.24) is 0 Å². The fraction of sp³-hybridized carbons (Fsp3) is 0.294. The monoisotopic (exact) mass is 291 g/mol. The van der Waals surface area contributed by atoms with Crippen molar-refractivity contribution in [3.8, 4) is 0 Å². The first kappa shape index (κ1) is 15.0. The third-order valence-electron chi connectivity index (χ3n) is 3.47. The summed E-state index contributed by atoms with van der Waals surface area (Å²) in [6.45, 7) is 2.18. The predicted octanol–water partition coefficient (Wildman–Crippen LogP) is 4.87. The average Bonchev–Trinajstić information content (AvgIpc) is 2.48. The summed E-state index contributed by atoms with van der Waals surface area (Å²) in [5.41, 5.74) is 9.05. The Balaban J connectivity index is 2.20. The van der Waals surface area contributed by atoms with E-state index in [9.17, 15) is 4.39 Å². The van der Waals surface area contributed by atoms with Gasteiger partial charge in [0.25, 0.3) is 0 Å². The van der Waals surface area contributed by atoms with Crippen molar-refractivity contribution in [3.05, 3.63) is 70.0 Å². The Labute approximate surface area is 124 Å². The Morgan fingerprint density at radius 1 is 1.15 bits per heavy atom. The lowest BCUT2D eigenvalue weighted by Gasteiger charge is -2.15. The van der Waals surface area contributed by atoms with Gasteiger partial charge in [-0.2, -0.15) is 0 Å². The molecule has 3 heteroatoms. The maximum atomic E-state index is 13.5. The molecule has 2 aromatic carbocycles. The molecule has 106 valence electrons. The van der Waals surface area contributed by atoms with Gasteiger partial charge in [0.2, 0.25) is 0 Å². The van der Waals surface area contributed by atoms with Gasteiger partial charge in [-0.1, -0.05) is 61.3 Å². The van der Waals surface area contributed by atoms with Crippen LogP contribution in [0.15, 0.2) is 42.5 Å². The van der Waals surface area contributed by atoms with Crippen molar-refractivity contribution in [3.63, 3.8) is 0 Å². The van der Waals surface area contributed by atoms with Crippen molar-refractivity contribution in [2.24, 2.45) is 5.73 Å². The highest BCUT2D eigenvalue weighted by atomic mass is 35.5. The lowest BCUT2D eigenvalue weighted by atomic mass is 9.97. The third-order valence-corrected chi connectivity index (χ3v) is 3.87. The van der Waals surface area contributed by atoms with Crippen LogP contribution in [0.4, 0.5) is 4.39 Å². The van der Waals surface area contributed by atoms with Gasteiger partial charge in [-0.25, -0.2) is 4.39 Å². The highest BCUT2D eigenvalue weighted by molar-refractivity contribution is 6.31. The van der Waals surface area contributed by atoms with E-state index in [-0.39, 0.29) is 5.02 Å². The molecule has 1 unspecified atom stereocenters. The van der Waals surface area contributed by atoms with Crippen LogP contribution in [0.25, 0.3) is 0 Å². The first-order valence-electron chi connectivity index (χ1n) is 6.91. The Hall–Kier alpha value is -1.38. The summed E-state index contributed by atoms with van der Waals surface area (Å²) >= 11 is 5.98. The molecule has 0 saturated heterocycles. The van der Waals surface area contributed by atoms with Gasteiger partial charge in [0, 0.05) is 0 Å². The Morgan fingerprint density at radius 2 is 1.85 bits per heavy atom. The van der Waals surface area contributed by atoms with Crippen LogP contribution in [-0.2, 0) is 6.42 Å². The van der Waals surface area contributed by atoms with Gasteiger partial charge in [-0.05, 0) is 35.6 Å². The zero-order valence-corrected chi connectivity index (χ0v) is 12.3. The van der Waals surface area contributed by atoms with Crippen LogP contribution in [-0.4, -0.2) is 0 Å². The number of halogens is 2. The van der Waals surface area contributed by atoms with Crippen molar-refractivity contribution in [2.75, 3.05) is 0 Å². The zero-order valence-electron chi connectivity index (χ0n) is 11.6. The maximum absolute atomic E-state index is 13.5. The van der Waals surface area contributed by atoms with Crippen LogP contribution in [0, 0.1) is 5.82 Å². The van der Waals surface area contributed by atoms with Gasteiger partial charge in [-0.3, -0.25) is 0 Å². The van der Waals surface area contributed by atoms with E-state index in [0.717, 1.165) is 12.0 Å². The summed E-state index contributed by atoms with van der Waals surface area (Å²) < 4.78 is 13.5. The average molecular weight is 292 g/mol. The van der Waals surface area contributed by atoms with Crippen molar-refractivity contribution in [2.45, 2.75) is 32.2 Å². The fourth-order valence-electron chi connectivity index (χ4n) is 2.21. The lowest BCUT2D eigenvalue weighted by molar-refractivity contribution is 0.624. The largest absolute Gasteiger partial charge is 0.320 e. The van der Waals surface area contributed by atoms with Gasteiger partial charge in [0.05, 0.1) is 11.1 Å². The van der Waals surface area contributed by atoms with Crippen LogP contribution >= 0.6 is 11.6 Å². The minimum Gasteiger partial charge on any atom is -0.320 e. The van der Waals surface area contributed by atoms with E-state index >= 15 is 0 Å². The number of hydrogen-bond acceptors (Lipinski definition) is 1. The molecule has 0 amide bonds. The summed E-state index contributed by atoms with van der Waals surface area (Å²) in [4.78, 5) is 0. The van der Waals surface area contributed by atoms with E-state index in [1.54, 1.807) is 12.1 Å². The molecule has 2 aromatic rings. The standard InChI is InChI=1S/C17H19ClFN/c1-2-3-5-12-8-10-13(11-9-12)17(20)14-6-4-7-15(19)16(14)18/h4,6-11,17H,2-3,5,20H2,1H3. The van der Waals surface area contributed by atoms with Crippen molar-refractivity contribution >= 4 is 11.6 Å². The van der Waals surface area contributed by atoms with E-state index in [1.165, 1.54) is 24.5 Å². The fourth-order valence-corrected chi connectivity index (χ4v) is 2.46. The summed E-state index contributed by atoms with van der Waals surface area (Å²) in [6, 6.07) is 12.5. The molecule has 2 rings (SSSR count). The molecule has 0 aromatic heterocycles. The lowest BCUT2D eigenvalue weighted by Crippen LogP contribution is -2.12. The summed E-state index contributed by atoms with van der Waals surface area (Å²) in [6.07, 6.45) is 3.44. The molecule has 0 aliphatic carbocycles. The second-order valence-corrected chi connectivity index (χ2v) is 5.34. The number of nitrogens with two attached hydrogens (primary N) is 1. The van der Waals surface area contributed by atoms with Crippen LogP contribution in [0.1, 0.15) is 42.5 Å². The minimum atomic E-state index is -0.431. The molecular weight excluding hydrogens is 273 g/mol. The molecule has 0 fully saturated rings. The topological polar surface area (TPSA) is 26.0 Å². The molecule has 20 heavy (non-hydrogen) atoms. The molecule has 0 bridgehead atoms. The molecule has 0 aliphatic rings.